The van der Waals surface area contributed by atoms with Gasteiger partial charge in [0.25, 0.3) is 0 Å². The van der Waals surface area contributed by atoms with Crippen LogP contribution in [0.15, 0.2) is 18.2 Å². The van der Waals surface area contributed by atoms with Crippen molar-refractivity contribution in [3.8, 4) is 6.07 Å². The van der Waals surface area contributed by atoms with E-state index in [9.17, 15) is 9.90 Å². The second kappa shape index (κ2) is 6.44. The minimum absolute atomic E-state index is 0.0232. The summed E-state index contributed by atoms with van der Waals surface area (Å²) in [6.45, 7) is 1.80. The topological polar surface area (TPSA) is 90.3 Å². The Balaban J connectivity index is 2.06. The van der Waals surface area contributed by atoms with E-state index in [1.807, 2.05) is 12.1 Å². The molecule has 1 heterocycles. The number of β-amino-alcohol motifs (C(OH)–C–C–N with tert-alkyl or cyclic N) is 1. The third-order valence-electron chi connectivity index (χ3n) is 3.71. The summed E-state index contributed by atoms with van der Waals surface area (Å²) in [5, 5.41) is 19.8. The molecule has 1 aromatic carbocycles. The second-order valence-corrected chi connectivity index (χ2v) is 6.01. The molecule has 0 saturated carbocycles. The standard InChI is InChI=1S/C15H18ClN3O2/c16-13-6-11(8-17)2-3-12(13)9-19-5-1-4-15(21,10-19)7-14(18)20/h2-3,6,21H,1,4-5,7,9-10H2,(H2,18,20). The van der Waals surface area contributed by atoms with Gasteiger partial charge in [-0.3, -0.25) is 9.69 Å². The number of halogens is 1. The number of carbonyl (C=O) groups is 1. The van der Waals surface area contributed by atoms with E-state index in [-0.39, 0.29) is 6.42 Å². The van der Waals surface area contributed by atoms with Crippen molar-refractivity contribution < 1.29 is 9.90 Å². The van der Waals surface area contributed by atoms with Gasteiger partial charge in [0.05, 0.1) is 23.7 Å². The molecule has 1 saturated heterocycles. The van der Waals surface area contributed by atoms with Crippen molar-refractivity contribution in [3.05, 3.63) is 34.3 Å². The fraction of sp³-hybridized carbons (Fsp3) is 0.467. The molecule has 112 valence electrons. The zero-order valence-electron chi connectivity index (χ0n) is 11.7. The summed E-state index contributed by atoms with van der Waals surface area (Å²) in [6.07, 6.45) is 1.36. The highest BCUT2D eigenvalue weighted by Crippen LogP contribution is 2.27. The van der Waals surface area contributed by atoms with Crippen LogP contribution >= 0.6 is 11.6 Å². The van der Waals surface area contributed by atoms with Gasteiger partial charge in [-0.25, -0.2) is 0 Å². The molecule has 1 aromatic rings. The molecule has 0 aromatic heterocycles. The Labute approximate surface area is 128 Å². The van der Waals surface area contributed by atoms with Crippen molar-refractivity contribution in [1.29, 1.82) is 5.26 Å². The number of piperidine rings is 1. The molecule has 1 fully saturated rings. The minimum Gasteiger partial charge on any atom is -0.388 e. The van der Waals surface area contributed by atoms with Crippen molar-refractivity contribution in [2.45, 2.75) is 31.4 Å². The highest BCUT2D eigenvalue weighted by Gasteiger charge is 2.34. The average Bonchev–Trinajstić information content (AvgIpc) is 2.39. The van der Waals surface area contributed by atoms with Crippen LogP contribution in [0.5, 0.6) is 0 Å². The van der Waals surface area contributed by atoms with E-state index < -0.39 is 11.5 Å². The summed E-state index contributed by atoms with van der Waals surface area (Å²) in [6, 6.07) is 7.22. The smallest absolute Gasteiger partial charge is 0.220 e. The Bertz CT molecular complexity index is 585. The van der Waals surface area contributed by atoms with Crippen molar-refractivity contribution in [1.82, 2.24) is 4.90 Å². The SMILES string of the molecule is N#Cc1ccc(CN2CCCC(O)(CC(N)=O)C2)c(Cl)c1. The van der Waals surface area contributed by atoms with E-state index in [4.69, 9.17) is 22.6 Å². The lowest BCUT2D eigenvalue weighted by Gasteiger charge is -2.38. The number of hydrogen-bond donors (Lipinski definition) is 2. The molecule has 1 unspecified atom stereocenters. The fourth-order valence-electron chi connectivity index (χ4n) is 2.80. The number of aliphatic hydroxyl groups is 1. The fourth-order valence-corrected chi connectivity index (χ4v) is 3.04. The summed E-state index contributed by atoms with van der Waals surface area (Å²) in [5.41, 5.74) is 5.56. The molecule has 1 aliphatic rings. The first kappa shape index (κ1) is 15.8. The number of benzene rings is 1. The van der Waals surface area contributed by atoms with Crippen molar-refractivity contribution in [3.63, 3.8) is 0 Å². The van der Waals surface area contributed by atoms with Gasteiger partial charge in [0.1, 0.15) is 0 Å². The maximum atomic E-state index is 11.1. The Hall–Kier alpha value is -1.61. The van der Waals surface area contributed by atoms with Crippen LogP contribution in [0.3, 0.4) is 0 Å². The van der Waals surface area contributed by atoms with Crippen LogP contribution in [0.1, 0.15) is 30.4 Å². The van der Waals surface area contributed by atoms with Crippen LogP contribution in [0, 0.1) is 11.3 Å². The van der Waals surface area contributed by atoms with Crippen LogP contribution < -0.4 is 5.73 Å². The number of nitrogens with two attached hydrogens (primary N) is 1. The number of amides is 1. The molecule has 5 nitrogen and oxygen atoms in total. The van der Waals surface area contributed by atoms with Crippen molar-refractivity contribution in [2.24, 2.45) is 5.73 Å². The van der Waals surface area contributed by atoms with E-state index in [0.717, 1.165) is 18.5 Å². The first-order chi connectivity index (χ1) is 9.92. The first-order valence-electron chi connectivity index (χ1n) is 6.83. The first-order valence-corrected chi connectivity index (χ1v) is 7.21. The van der Waals surface area contributed by atoms with Gasteiger partial charge in [0.2, 0.25) is 5.91 Å². The molecule has 3 N–H and O–H groups in total. The van der Waals surface area contributed by atoms with Crippen LogP contribution in [0.25, 0.3) is 0 Å². The zero-order valence-corrected chi connectivity index (χ0v) is 12.4. The lowest BCUT2D eigenvalue weighted by molar-refractivity contribution is -0.125. The Kier molecular flexibility index (Phi) is 4.84. The quantitative estimate of drug-likeness (QED) is 0.880. The molecule has 1 atom stereocenters. The number of primary amides is 1. The number of carbonyl (C=O) groups excluding carboxylic acids is 1. The predicted molar refractivity (Wildman–Crippen MR) is 79.4 cm³/mol. The number of likely N-dealkylation sites (tertiary alicyclic amines) is 1. The average molecular weight is 308 g/mol. The Morgan fingerprint density at radius 1 is 1.57 bits per heavy atom. The van der Waals surface area contributed by atoms with Gasteiger partial charge < -0.3 is 10.8 Å². The number of hydrogen-bond acceptors (Lipinski definition) is 4. The van der Waals surface area contributed by atoms with Crippen LogP contribution in [-0.2, 0) is 11.3 Å². The number of nitrogens with zero attached hydrogens (tertiary/aromatic N) is 2. The monoisotopic (exact) mass is 307 g/mol. The molecule has 0 aliphatic carbocycles. The van der Waals surface area contributed by atoms with Gasteiger partial charge in [0, 0.05) is 18.1 Å². The van der Waals surface area contributed by atoms with Crippen molar-refractivity contribution in [2.75, 3.05) is 13.1 Å². The van der Waals surface area contributed by atoms with Gasteiger partial charge >= 0.3 is 0 Å². The van der Waals surface area contributed by atoms with E-state index in [0.29, 0.717) is 30.1 Å². The normalized spacial score (nSPS) is 22.7. The van der Waals surface area contributed by atoms with E-state index >= 15 is 0 Å². The van der Waals surface area contributed by atoms with E-state index in [1.54, 1.807) is 12.1 Å². The molecule has 0 spiro atoms. The van der Waals surface area contributed by atoms with Crippen molar-refractivity contribution >= 4 is 17.5 Å². The number of nitriles is 1. The molecular weight excluding hydrogens is 290 g/mol. The highest BCUT2D eigenvalue weighted by atomic mass is 35.5. The zero-order chi connectivity index (χ0) is 15.5. The summed E-state index contributed by atoms with van der Waals surface area (Å²) < 4.78 is 0. The summed E-state index contributed by atoms with van der Waals surface area (Å²) in [7, 11) is 0. The maximum Gasteiger partial charge on any atom is 0.220 e. The summed E-state index contributed by atoms with van der Waals surface area (Å²) in [5.74, 6) is -0.490. The van der Waals surface area contributed by atoms with Crippen LogP contribution in [0.2, 0.25) is 5.02 Å². The lowest BCUT2D eigenvalue weighted by Crippen LogP contribution is -2.49. The molecule has 1 amide bonds. The third kappa shape index (κ3) is 4.18. The maximum absolute atomic E-state index is 11.1. The minimum atomic E-state index is -1.05. The molecule has 0 radical (unpaired) electrons. The Morgan fingerprint density at radius 2 is 2.33 bits per heavy atom. The van der Waals surface area contributed by atoms with Crippen LogP contribution in [0.4, 0.5) is 0 Å². The van der Waals surface area contributed by atoms with E-state index in [2.05, 4.69) is 4.90 Å². The lowest BCUT2D eigenvalue weighted by atomic mass is 9.89. The number of rotatable bonds is 4. The molecular formula is C15H18ClN3O2. The van der Waals surface area contributed by atoms with E-state index in [1.165, 1.54) is 0 Å². The highest BCUT2D eigenvalue weighted by molar-refractivity contribution is 6.31. The molecule has 21 heavy (non-hydrogen) atoms. The Morgan fingerprint density at radius 3 is 2.95 bits per heavy atom. The predicted octanol–water partition coefficient (Wildman–Crippen LogP) is 1.41. The van der Waals surface area contributed by atoms with Gasteiger partial charge in [-0.05, 0) is 37.1 Å². The summed E-state index contributed by atoms with van der Waals surface area (Å²) >= 11 is 6.17. The second-order valence-electron chi connectivity index (χ2n) is 5.60. The molecule has 1 aliphatic heterocycles. The largest absolute Gasteiger partial charge is 0.388 e. The third-order valence-corrected chi connectivity index (χ3v) is 4.07. The van der Waals surface area contributed by atoms with Gasteiger partial charge in [0.15, 0.2) is 0 Å². The summed E-state index contributed by atoms with van der Waals surface area (Å²) in [4.78, 5) is 13.1. The molecule has 2 rings (SSSR count). The van der Waals surface area contributed by atoms with Crippen LogP contribution in [-0.4, -0.2) is 34.6 Å². The molecule has 6 heteroatoms. The van der Waals surface area contributed by atoms with Gasteiger partial charge in [-0.15, -0.1) is 0 Å². The van der Waals surface area contributed by atoms with Gasteiger partial charge in [-0.2, -0.15) is 5.26 Å². The van der Waals surface area contributed by atoms with Gasteiger partial charge in [-0.1, -0.05) is 17.7 Å². The molecule has 0 bridgehead atoms.